The number of alkyl halides is 2. The van der Waals surface area contributed by atoms with Crippen LogP contribution in [0.2, 0.25) is 5.02 Å². The third-order valence-electron chi connectivity index (χ3n) is 2.84. The zero-order valence-corrected chi connectivity index (χ0v) is 18.6. The van der Waals surface area contributed by atoms with Crippen molar-refractivity contribution < 1.29 is 27.8 Å². The van der Waals surface area contributed by atoms with Gasteiger partial charge in [0.05, 0.1) is 17.2 Å². The molecule has 0 spiro atoms. The number of esters is 1. The van der Waals surface area contributed by atoms with E-state index >= 15 is 0 Å². The van der Waals surface area contributed by atoms with Crippen molar-refractivity contribution in [3.05, 3.63) is 34.3 Å². The van der Waals surface area contributed by atoms with E-state index in [1.165, 1.54) is 25.5 Å². The van der Waals surface area contributed by atoms with Gasteiger partial charge < -0.3 is 9.63 Å². The highest BCUT2D eigenvalue weighted by atomic mass is 35.5. The molecule has 0 fully saturated rings. The van der Waals surface area contributed by atoms with Crippen LogP contribution in [0.1, 0.15) is 59.1 Å². The van der Waals surface area contributed by atoms with Crippen LogP contribution in [-0.2, 0) is 19.8 Å². The second-order valence-electron chi connectivity index (χ2n) is 5.41. The van der Waals surface area contributed by atoms with Crippen LogP contribution < -0.4 is 5.09 Å². The van der Waals surface area contributed by atoms with Crippen LogP contribution in [0.25, 0.3) is 0 Å². The van der Waals surface area contributed by atoms with E-state index in [1.807, 2.05) is 13.8 Å². The lowest BCUT2D eigenvalue weighted by atomic mass is 10.1. The van der Waals surface area contributed by atoms with Gasteiger partial charge in [-0.05, 0) is 32.4 Å². The summed E-state index contributed by atoms with van der Waals surface area (Å²) >= 11 is 5.74. The first-order chi connectivity index (χ1) is 12.4. The summed E-state index contributed by atoms with van der Waals surface area (Å²) < 4.78 is 45.3. The van der Waals surface area contributed by atoms with E-state index < -0.39 is 30.8 Å². The predicted molar refractivity (Wildman–Crippen MR) is 106 cm³/mol. The third-order valence-corrected chi connectivity index (χ3v) is 4.89. The van der Waals surface area contributed by atoms with Crippen molar-refractivity contribution in [3.8, 4) is 0 Å². The standard InChI is InChI=1S/C13H17ClF2NO4P.C3H8.C2H6/c1-4-21-12(18)9(3)17-22(19,20)13(15,16)10-6-5-8(2)7-11(10)14;1-3-2;1-2/h5-7,9H,4H2,1-3H3,(H2,17,19,20);3H2,1-2H3;1-2H3/t9-;;/m0../s1. The smallest absolute Gasteiger partial charge is 0.361 e. The van der Waals surface area contributed by atoms with Crippen molar-refractivity contribution in [2.75, 3.05) is 6.61 Å². The highest BCUT2D eigenvalue weighted by Crippen LogP contribution is 2.60. The first kappa shape index (κ1) is 28.2. The van der Waals surface area contributed by atoms with Gasteiger partial charge in [0.2, 0.25) is 0 Å². The van der Waals surface area contributed by atoms with Crippen LogP contribution >= 0.6 is 19.1 Å². The number of ether oxygens (including phenoxy) is 1. The van der Waals surface area contributed by atoms with Gasteiger partial charge in [0.25, 0.3) is 0 Å². The minimum absolute atomic E-state index is 0.0285. The second kappa shape index (κ2) is 13.2. The summed E-state index contributed by atoms with van der Waals surface area (Å²) in [6.07, 6.45) is 1.25. The van der Waals surface area contributed by atoms with Gasteiger partial charge in [0.1, 0.15) is 6.04 Å². The number of rotatable bonds is 6. The predicted octanol–water partition coefficient (Wildman–Crippen LogP) is 5.87. The zero-order valence-electron chi connectivity index (χ0n) is 17.0. The Balaban J connectivity index is 0. The molecular formula is C18H31ClF2NO4P. The largest absolute Gasteiger partial charge is 0.465 e. The lowest BCUT2D eigenvalue weighted by Gasteiger charge is -2.26. The van der Waals surface area contributed by atoms with Crippen LogP contribution in [0.15, 0.2) is 18.2 Å². The summed E-state index contributed by atoms with van der Waals surface area (Å²) in [5.74, 6) is -0.900. The minimum atomic E-state index is -5.26. The number of halogens is 3. The molecule has 0 aliphatic carbocycles. The Morgan fingerprint density at radius 2 is 1.81 bits per heavy atom. The summed E-state index contributed by atoms with van der Waals surface area (Å²) in [6.45, 7) is 12.6. The Hall–Kier alpha value is -1.01. The Morgan fingerprint density at radius 1 is 1.33 bits per heavy atom. The Kier molecular flexibility index (Phi) is 13.8. The molecule has 0 saturated heterocycles. The average molecular weight is 430 g/mol. The molecule has 9 heteroatoms. The summed E-state index contributed by atoms with van der Waals surface area (Å²) in [7, 11) is -5.26. The number of benzene rings is 1. The number of nitrogens with one attached hydrogen (secondary N) is 1. The molecule has 0 radical (unpaired) electrons. The molecule has 0 amide bonds. The molecule has 0 bridgehead atoms. The lowest BCUT2D eigenvalue weighted by molar-refractivity contribution is -0.144. The average Bonchev–Trinajstić information content (AvgIpc) is 2.56. The fourth-order valence-electron chi connectivity index (χ4n) is 1.69. The zero-order chi connectivity index (χ0) is 21.8. The lowest BCUT2D eigenvalue weighted by Crippen LogP contribution is -2.37. The van der Waals surface area contributed by atoms with E-state index in [0.29, 0.717) is 5.56 Å². The topological polar surface area (TPSA) is 75.6 Å². The van der Waals surface area contributed by atoms with E-state index in [-0.39, 0.29) is 11.6 Å². The highest BCUT2D eigenvalue weighted by Gasteiger charge is 2.53. The minimum Gasteiger partial charge on any atom is -0.465 e. The molecule has 1 aromatic rings. The molecule has 0 aromatic heterocycles. The van der Waals surface area contributed by atoms with Crippen molar-refractivity contribution in [2.24, 2.45) is 0 Å². The van der Waals surface area contributed by atoms with E-state index in [1.54, 1.807) is 12.0 Å². The molecule has 0 heterocycles. The Bertz CT molecular complexity index is 629. The van der Waals surface area contributed by atoms with Crippen LogP contribution in [0.3, 0.4) is 0 Å². The highest BCUT2D eigenvalue weighted by molar-refractivity contribution is 7.56. The molecule has 0 saturated carbocycles. The molecule has 158 valence electrons. The maximum absolute atomic E-state index is 14.3. The van der Waals surface area contributed by atoms with E-state index in [0.717, 1.165) is 13.0 Å². The van der Waals surface area contributed by atoms with Gasteiger partial charge in [-0.2, -0.15) is 8.78 Å². The second-order valence-corrected chi connectivity index (χ2v) is 7.79. The molecule has 2 atom stereocenters. The molecule has 0 aliphatic heterocycles. The van der Waals surface area contributed by atoms with Crippen molar-refractivity contribution in [2.45, 2.75) is 66.6 Å². The Morgan fingerprint density at radius 3 is 2.22 bits per heavy atom. The molecule has 1 rings (SSSR count). The maximum atomic E-state index is 14.3. The van der Waals surface area contributed by atoms with Gasteiger partial charge in [-0.15, -0.1) is 0 Å². The van der Waals surface area contributed by atoms with Gasteiger partial charge in [-0.3, -0.25) is 9.36 Å². The molecule has 0 aliphatic rings. The molecular weight excluding hydrogens is 399 g/mol. The van der Waals surface area contributed by atoms with E-state index in [4.69, 9.17) is 11.6 Å². The monoisotopic (exact) mass is 429 g/mol. The van der Waals surface area contributed by atoms with Crippen LogP contribution in [0.5, 0.6) is 0 Å². The molecule has 5 nitrogen and oxygen atoms in total. The van der Waals surface area contributed by atoms with Crippen LogP contribution in [0.4, 0.5) is 8.78 Å². The first-order valence-corrected chi connectivity index (χ1v) is 10.9. The molecule has 1 aromatic carbocycles. The Labute approximate surface area is 166 Å². The van der Waals surface area contributed by atoms with Gasteiger partial charge in [0.15, 0.2) is 0 Å². The van der Waals surface area contributed by atoms with Crippen LogP contribution in [0, 0.1) is 6.92 Å². The first-order valence-electron chi connectivity index (χ1n) is 8.86. The van der Waals surface area contributed by atoms with Gasteiger partial charge in [0, 0.05) is 0 Å². The fraction of sp³-hybridized carbons (Fsp3) is 0.611. The summed E-state index contributed by atoms with van der Waals surface area (Å²) in [5, 5.41) is 1.42. The SMILES string of the molecule is CC.CCC.CCOC(=O)[C@H](C)NP(=O)(O)C(F)(F)c1ccc(C)cc1Cl. The van der Waals surface area contributed by atoms with E-state index in [9.17, 15) is 23.0 Å². The van der Waals surface area contributed by atoms with Gasteiger partial charge in [-0.1, -0.05) is 57.8 Å². The number of carbonyl (C=O) groups excluding carboxylic acids is 1. The summed E-state index contributed by atoms with van der Waals surface area (Å²) in [6, 6.07) is 2.23. The van der Waals surface area contributed by atoms with Gasteiger partial charge >= 0.3 is 19.2 Å². The van der Waals surface area contributed by atoms with Crippen molar-refractivity contribution in [1.29, 1.82) is 0 Å². The number of carbonyl (C=O) groups is 1. The molecule has 27 heavy (non-hydrogen) atoms. The number of hydrogen-bond acceptors (Lipinski definition) is 3. The van der Waals surface area contributed by atoms with Crippen molar-refractivity contribution in [3.63, 3.8) is 0 Å². The summed E-state index contributed by atoms with van der Waals surface area (Å²) in [5.41, 5.74) is -4.31. The molecule has 1 unspecified atom stereocenters. The fourth-order valence-corrected chi connectivity index (χ4v) is 3.42. The van der Waals surface area contributed by atoms with Crippen molar-refractivity contribution in [1.82, 2.24) is 5.09 Å². The quantitative estimate of drug-likeness (QED) is 0.437. The maximum Gasteiger partial charge on any atom is 0.361 e. The van der Waals surface area contributed by atoms with Crippen molar-refractivity contribution >= 4 is 25.1 Å². The van der Waals surface area contributed by atoms with Crippen LogP contribution in [-0.4, -0.2) is 23.5 Å². The normalized spacial score (nSPS) is 13.9. The number of hydrogen-bond donors (Lipinski definition) is 2. The van der Waals surface area contributed by atoms with E-state index in [2.05, 4.69) is 18.6 Å². The van der Waals surface area contributed by atoms with Gasteiger partial charge in [-0.25, -0.2) is 5.09 Å². The third kappa shape index (κ3) is 8.69. The number of aryl methyl sites for hydroxylation is 1. The summed E-state index contributed by atoms with van der Waals surface area (Å²) in [4.78, 5) is 21.1. The molecule has 2 N–H and O–H groups in total.